The number of rotatable bonds is 8. The molecule has 1 atom stereocenters. The van der Waals surface area contributed by atoms with Gasteiger partial charge in [0.1, 0.15) is 5.75 Å². The van der Waals surface area contributed by atoms with Gasteiger partial charge in [-0.2, -0.15) is 0 Å². The van der Waals surface area contributed by atoms with Gasteiger partial charge in [-0.1, -0.05) is 58.4 Å². The van der Waals surface area contributed by atoms with E-state index in [-0.39, 0.29) is 17.8 Å². The van der Waals surface area contributed by atoms with Crippen LogP contribution in [0.2, 0.25) is 0 Å². The van der Waals surface area contributed by atoms with Crippen molar-refractivity contribution in [3.05, 3.63) is 111 Å². The Morgan fingerprint density at radius 1 is 1.08 bits per heavy atom. The van der Waals surface area contributed by atoms with Gasteiger partial charge >= 0.3 is 0 Å². The summed E-state index contributed by atoms with van der Waals surface area (Å²) in [5.41, 5.74) is 3.74. The first-order valence-electron chi connectivity index (χ1n) is 11.7. The van der Waals surface area contributed by atoms with E-state index in [2.05, 4.69) is 20.9 Å². The summed E-state index contributed by atoms with van der Waals surface area (Å²) in [6.45, 7) is 0.329. The van der Waals surface area contributed by atoms with Crippen LogP contribution in [0.3, 0.4) is 0 Å². The van der Waals surface area contributed by atoms with Gasteiger partial charge in [0.15, 0.2) is 11.5 Å². The predicted octanol–water partition coefficient (Wildman–Crippen LogP) is 5.69. The molecule has 6 nitrogen and oxygen atoms in total. The second kappa shape index (κ2) is 10.0. The highest BCUT2D eigenvalue weighted by atomic mass is 79.9. The van der Waals surface area contributed by atoms with Gasteiger partial charge in [0.2, 0.25) is 0 Å². The fraction of sp³-hybridized carbons (Fsp3) is 0.172. The largest absolute Gasteiger partial charge is 0.503 e. The van der Waals surface area contributed by atoms with Gasteiger partial charge in [-0.05, 0) is 53.4 Å². The molecule has 0 fully saturated rings. The molecule has 0 saturated carbocycles. The van der Waals surface area contributed by atoms with E-state index in [9.17, 15) is 14.7 Å². The normalized spacial score (nSPS) is 15.7. The zero-order valence-corrected chi connectivity index (χ0v) is 21.3. The molecule has 0 unspecified atom stereocenters. The molecule has 0 aliphatic carbocycles. The molecule has 2 heterocycles. The number of nitrogens with one attached hydrogen (secondary N) is 1. The molecule has 0 radical (unpaired) electrons. The minimum Gasteiger partial charge on any atom is -0.503 e. The third-order valence-corrected chi connectivity index (χ3v) is 7.12. The van der Waals surface area contributed by atoms with Crippen molar-refractivity contribution in [1.82, 2.24) is 9.88 Å². The van der Waals surface area contributed by atoms with Crippen molar-refractivity contribution in [3.63, 3.8) is 0 Å². The van der Waals surface area contributed by atoms with E-state index in [0.717, 1.165) is 37.8 Å². The van der Waals surface area contributed by atoms with E-state index in [1.807, 2.05) is 79.0 Å². The number of Topliss-reactive ketones (excluding diaryl/α,β-unsaturated/α-hetero) is 1. The van der Waals surface area contributed by atoms with Crippen molar-refractivity contribution in [2.24, 2.45) is 0 Å². The number of hydrogen-bond donors (Lipinski definition) is 2. The standard InChI is InChI=1S/C29H25BrN2O4/c1-36-22-11-12-24-23(16-22)20(17-31-24)13-14-32-27(19-7-9-21(30)10-8-19)26(28(34)29(32)35)25(33)15-18-5-3-2-4-6-18/h2-12,16-17,27,31,34H,13-15H2,1H3/t27-/m1/s1. The van der Waals surface area contributed by atoms with Crippen molar-refractivity contribution >= 4 is 38.5 Å². The molecular weight excluding hydrogens is 520 g/mol. The highest BCUT2D eigenvalue weighted by molar-refractivity contribution is 9.10. The lowest BCUT2D eigenvalue weighted by atomic mass is 9.93. The number of hydrogen-bond acceptors (Lipinski definition) is 4. The number of carbonyl (C=O) groups is 2. The van der Waals surface area contributed by atoms with Crippen molar-refractivity contribution in [2.75, 3.05) is 13.7 Å². The number of fused-ring (bicyclic) bond motifs is 1. The van der Waals surface area contributed by atoms with E-state index in [4.69, 9.17) is 4.74 Å². The van der Waals surface area contributed by atoms with Crippen LogP contribution in [0, 0.1) is 0 Å². The lowest BCUT2D eigenvalue weighted by Gasteiger charge is -2.27. The van der Waals surface area contributed by atoms with Gasteiger partial charge in [0.25, 0.3) is 5.91 Å². The van der Waals surface area contributed by atoms with Gasteiger partial charge in [0, 0.05) is 34.5 Å². The molecule has 2 N–H and O–H groups in total. The number of nitrogens with zero attached hydrogens (tertiary/aromatic N) is 1. The molecular formula is C29H25BrN2O4. The Bertz CT molecular complexity index is 1460. The molecule has 7 heteroatoms. The highest BCUT2D eigenvalue weighted by Crippen LogP contribution is 2.39. The van der Waals surface area contributed by atoms with Gasteiger partial charge in [-0.15, -0.1) is 0 Å². The third kappa shape index (κ3) is 4.54. The number of benzene rings is 3. The number of ether oxygens (including phenoxy) is 1. The fourth-order valence-electron chi connectivity index (χ4n) is 4.77. The first-order chi connectivity index (χ1) is 17.5. The lowest BCUT2D eigenvalue weighted by molar-refractivity contribution is -0.129. The molecule has 0 saturated heterocycles. The van der Waals surface area contributed by atoms with Gasteiger partial charge in [-0.25, -0.2) is 0 Å². The summed E-state index contributed by atoms with van der Waals surface area (Å²) in [7, 11) is 1.63. The Morgan fingerprint density at radius 2 is 1.83 bits per heavy atom. The molecule has 0 bridgehead atoms. The van der Waals surface area contributed by atoms with Crippen LogP contribution in [0.5, 0.6) is 5.75 Å². The van der Waals surface area contributed by atoms with Gasteiger partial charge in [0.05, 0.1) is 18.7 Å². The minimum absolute atomic E-state index is 0.108. The summed E-state index contributed by atoms with van der Waals surface area (Å²) in [6.07, 6.45) is 2.57. The van der Waals surface area contributed by atoms with Crippen LogP contribution in [-0.2, 0) is 22.4 Å². The summed E-state index contributed by atoms with van der Waals surface area (Å²) in [6, 6.07) is 22.0. The molecule has 36 heavy (non-hydrogen) atoms. The summed E-state index contributed by atoms with van der Waals surface area (Å²) in [5.74, 6) is -0.512. The van der Waals surface area contributed by atoms with E-state index >= 15 is 0 Å². The van der Waals surface area contributed by atoms with Gasteiger partial charge < -0.3 is 19.7 Å². The lowest BCUT2D eigenvalue weighted by Crippen LogP contribution is -2.33. The Labute approximate surface area is 217 Å². The SMILES string of the molecule is COc1ccc2[nH]cc(CCN3C(=O)C(O)=C(C(=O)Cc4ccccc4)[C@H]3c3ccc(Br)cc3)c2c1. The van der Waals surface area contributed by atoms with Crippen LogP contribution in [0.25, 0.3) is 10.9 Å². The summed E-state index contributed by atoms with van der Waals surface area (Å²) >= 11 is 3.45. The number of halogens is 1. The van der Waals surface area contributed by atoms with Crippen molar-refractivity contribution < 1.29 is 19.4 Å². The Hall–Kier alpha value is -3.84. The third-order valence-electron chi connectivity index (χ3n) is 6.59. The second-order valence-electron chi connectivity index (χ2n) is 8.78. The average molecular weight is 545 g/mol. The number of amides is 1. The number of aromatic amines is 1. The van der Waals surface area contributed by atoms with E-state index < -0.39 is 17.7 Å². The number of H-pyrrole nitrogens is 1. The Morgan fingerprint density at radius 3 is 2.56 bits per heavy atom. The average Bonchev–Trinajstić information content (AvgIpc) is 3.41. The zero-order chi connectivity index (χ0) is 25.2. The molecule has 1 aliphatic heterocycles. The molecule has 1 aromatic heterocycles. The maximum atomic E-state index is 13.4. The smallest absolute Gasteiger partial charge is 0.290 e. The molecule has 182 valence electrons. The van der Waals surface area contributed by atoms with Crippen LogP contribution in [0.4, 0.5) is 0 Å². The molecule has 1 amide bonds. The van der Waals surface area contributed by atoms with Crippen LogP contribution in [0.15, 0.2) is 94.8 Å². The number of methoxy groups -OCH3 is 1. The van der Waals surface area contributed by atoms with Crippen LogP contribution in [0.1, 0.15) is 22.7 Å². The van der Waals surface area contributed by atoms with E-state index in [1.165, 1.54) is 0 Å². The quantitative estimate of drug-likeness (QED) is 0.298. The first kappa shape index (κ1) is 23.9. The number of ketones is 1. The fourth-order valence-corrected chi connectivity index (χ4v) is 5.03. The van der Waals surface area contributed by atoms with E-state index in [0.29, 0.717) is 13.0 Å². The van der Waals surface area contributed by atoms with Crippen molar-refractivity contribution in [1.29, 1.82) is 0 Å². The molecule has 3 aromatic carbocycles. The molecule has 5 rings (SSSR count). The zero-order valence-electron chi connectivity index (χ0n) is 19.7. The Balaban J connectivity index is 1.47. The summed E-state index contributed by atoms with van der Waals surface area (Å²) in [5, 5.41) is 11.9. The maximum absolute atomic E-state index is 13.4. The Kier molecular flexibility index (Phi) is 6.65. The molecule has 0 spiro atoms. The molecule has 1 aliphatic rings. The van der Waals surface area contributed by atoms with Crippen LogP contribution >= 0.6 is 15.9 Å². The topological polar surface area (TPSA) is 82.6 Å². The number of aromatic nitrogens is 1. The van der Waals surface area contributed by atoms with Gasteiger partial charge in [-0.3, -0.25) is 9.59 Å². The minimum atomic E-state index is -0.665. The van der Waals surface area contributed by atoms with Crippen molar-refractivity contribution in [2.45, 2.75) is 18.9 Å². The van der Waals surface area contributed by atoms with Crippen LogP contribution < -0.4 is 4.74 Å². The number of carbonyl (C=O) groups excluding carboxylic acids is 2. The summed E-state index contributed by atoms with van der Waals surface area (Å²) < 4.78 is 6.26. The first-order valence-corrected chi connectivity index (χ1v) is 12.5. The molecule has 4 aromatic rings. The number of aliphatic hydroxyl groups excluding tert-OH is 1. The monoisotopic (exact) mass is 544 g/mol. The van der Waals surface area contributed by atoms with Crippen molar-refractivity contribution in [3.8, 4) is 5.75 Å². The number of aliphatic hydroxyl groups is 1. The second-order valence-corrected chi connectivity index (χ2v) is 9.69. The van der Waals surface area contributed by atoms with Crippen LogP contribution in [-0.4, -0.2) is 40.3 Å². The summed E-state index contributed by atoms with van der Waals surface area (Å²) in [4.78, 5) is 31.5. The van der Waals surface area contributed by atoms with E-state index in [1.54, 1.807) is 12.0 Å². The predicted molar refractivity (Wildman–Crippen MR) is 142 cm³/mol. The maximum Gasteiger partial charge on any atom is 0.290 e. The highest BCUT2D eigenvalue weighted by Gasteiger charge is 2.43.